The Morgan fingerprint density at radius 1 is 1.17 bits per heavy atom. The van der Waals surface area contributed by atoms with E-state index in [1.165, 1.54) is 0 Å². The molecule has 1 aliphatic heterocycles. The molecular formula is C19H18N2O3. The summed E-state index contributed by atoms with van der Waals surface area (Å²) in [6.45, 7) is 3.13. The maximum absolute atomic E-state index is 13.1. The van der Waals surface area contributed by atoms with Gasteiger partial charge < -0.3 is 14.7 Å². The van der Waals surface area contributed by atoms with Crippen LogP contribution in [-0.4, -0.2) is 42.4 Å². The smallest absolute Gasteiger partial charge is 0.259 e. The van der Waals surface area contributed by atoms with E-state index in [4.69, 9.17) is 14.8 Å². The summed E-state index contributed by atoms with van der Waals surface area (Å²) in [6.07, 6.45) is 0. The highest BCUT2D eigenvalue weighted by molar-refractivity contribution is 6.30. The van der Waals surface area contributed by atoms with Crippen molar-refractivity contribution >= 4 is 33.4 Å². The molecule has 0 atom stereocenters. The zero-order chi connectivity index (χ0) is 16.7. The number of hydrogen-bond acceptors (Lipinski definition) is 4. The monoisotopic (exact) mass is 322 g/mol. The highest BCUT2D eigenvalue weighted by Crippen LogP contribution is 2.40. The first-order valence-corrected chi connectivity index (χ1v) is 8.04. The van der Waals surface area contributed by atoms with Gasteiger partial charge in [-0.15, -0.1) is 0 Å². The fraction of sp³-hybridized carbons (Fsp3) is 0.263. The van der Waals surface area contributed by atoms with Gasteiger partial charge in [-0.2, -0.15) is 0 Å². The number of anilines is 1. The average Bonchev–Trinajstić information content (AvgIpc) is 2.87. The van der Waals surface area contributed by atoms with Crippen molar-refractivity contribution in [3.05, 3.63) is 47.5 Å². The molecule has 0 unspecified atom stereocenters. The van der Waals surface area contributed by atoms with E-state index in [0.717, 1.165) is 38.6 Å². The maximum atomic E-state index is 13.1. The summed E-state index contributed by atoms with van der Waals surface area (Å²) in [5, 5.41) is 10.6. The molecule has 3 aromatic rings. The number of pyridine rings is 1. The van der Waals surface area contributed by atoms with Gasteiger partial charge in [-0.25, -0.2) is 4.98 Å². The van der Waals surface area contributed by atoms with Gasteiger partial charge in [-0.05, 0) is 31.2 Å². The van der Waals surface area contributed by atoms with Crippen molar-refractivity contribution in [3.8, 4) is 0 Å². The molecule has 122 valence electrons. The van der Waals surface area contributed by atoms with E-state index in [0.29, 0.717) is 13.2 Å². The Bertz CT molecular complexity index is 952. The van der Waals surface area contributed by atoms with Crippen molar-refractivity contribution < 1.29 is 14.6 Å². The van der Waals surface area contributed by atoms with Crippen molar-refractivity contribution in [2.45, 2.75) is 6.92 Å². The zero-order valence-electron chi connectivity index (χ0n) is 13.5. The third kappa shape index (κ3) is 2.25. The predicted molar refractivity (Wildman–Crippen MR) is 93.6 cm³/mol. The molecular weight excluding hydrogens is 304 g/mol. The predicted octanol–water partition coefficient (Wildman–Crippen LogP) is 2.67. The minimum absolute atomic E-state index is 0.00759. The second-order valence-corrected chi connectivity index (χ2v) is 5.97. The standard InChI is InChI=1S/C19H18N2O3/c1-12-5-6-14-13(11-12)17-18-15(20-14)3-2-4-16(18)21(19(17)23)7-9-24-10-8-22/h2-6,11,22H,7-10H2,1H3. The van der Waals surface area contributed by atoms with E-state index >= 15 is 0 Å². The van der Waals surface area contributed by atoms with Crippen LogP contribution >= 0.6 is 0 Å². The van der Waals surface area contributed by atoms with Crippen LogP contribution in [0.5, 0.6) is 0 Å². The molecule has 5 heteroatoms. The Balaban J connectivity index is 1.85. The number of aromatic nitrogens is 1. The molecule has 0 radical (unpaired) electrons. The van der Waals surface area contributed by atoms with Gasteiger partial charge in [0.2, 0.25) is 0 Å². The number of aliphatic hydroxyl groups excluding tert-OH is 1. The molecule has 1 aliphatic rings. The molecule has 1 amide bonds. The molecule has 2 heterocycles. The number of fused-ring (bicyclic) bond motifs is 2. The lowest BCUT2D eigenvalue weighted by molar-refractivity contribution is 0.0892. The van der Waals surface area contributed by atoms with E-state index in [9.17, 15) is 4.79 Å². The van der Waals surface area contributed by atoms with Gasteiger partial charge in [0.15, 0.2) is 0 Å². The number of carbonyl (C=O) groups excluding carboxylic acids is 1. The van der Waals surface area contributed by atoms with Crippen LogP contribution in [0.4, 0.5) is 5.69 Å². The molecule has 24 heavy (non-hydrogen) atoms. The average molecular weight is 322 g/mol. The number of rotatable bonds is 5. The van der Waals surface area contributed by atoms with E-state index in [1.807, 2.05) is 43.3 Å². The zero-order valence-corrected chi connectivity index (χ0v) is 13.5. The summed E-state index contributed by atoms with van der Waals surface area (Å²) >= 11 is 0. The van der Waals surface area contributed by atoms with Crippen molar-refractivity contribution in [1.82, 2.24) is 4.98 Å². The summed E-state index contributed by atoms with van der Waals surface area (Å²) < 4.78 is 5.33. The SMILES string of the molecule is Cc1ccc2nc3cccc4c3c(c2c1)C(=O)N4CCOCCO. The summed E-state index contributed by atoms with van der Waals surface area (Å²) in [5.41, 5.74) is 4.40. The first-order valence-electron chi connectivity index (χ1n) is 8.04. The molecule has 0 bridgehead atoms. The van der Waals surface area contributed by atoms with Crippen LogP contribution in [0.25, 0.3) is 21.8 Å². The van der Waals surface area contributed by atoms with Crippen LogP contribution < -0.4 is 4.90 Å². The Kier molecular flexibility index (Phi) is 3.67. The van der Waals surface area contributed by atoms with Crippen molar-refractivity contribution in [2.24, 2.45) is 0 Å². The molecule has 5 nitrogen and oxygen atoms in total. The van der Waals surface area contributed by atoms with Crippen molar-refractivity contribution in [3.63, 3.8) is 0 Å². The van der Waals surface area contributed by atoms with Crippen LogP contribution in [0, 0.1) is 6.92 Å². The van der Waals surface area contributed by atoms with E-state index in [2.05, 4.69) is 0 Å². The lowest BCUT2D eigenvalue weighted by Crippen LogP contribution is -2.30. The number of aliphatic hydroxyl groups is 1. The quantitative estimate of drug-likeness (QED) is 0.579. The molecule has 0 aliphatic carbocycles. The maximum Gasteiger partial charge on any atom is 0.259 e. The lowest BCUT2D eigenvalue weighted by Gasteiger charge is -2.17. The Labute approximate surface area is 139 Å². The number of amides is 1. The minimum Gasteiger partial charge on any atom is -0.394 e. The summed E-state index contributed by atoms with van der Waals surface area (Å²) in [7, 11) is 0. The summed E-state index contributed by atoms with van der Waals surface area (Å²) in [6, 6.07) is 11.8. The normalized spacial score (nSPS) is 13.4. The Morgan fingerprint density at radius 2 is 2.04 bits per heavy atom. The number of aryl methyl sites for hydroxylation is 1. The Hall–Kier alpha value is -2.50. The second-order valence-electron chi connectivity index (χ2n) is 5.97. The largest absolute Gasteiger partial charge is 0.394 e. The number of hydrogen-bond donors (Lipinski definition) is 1. The van der Waals surface area contributed by atoms with Crippen LogP contribution in [0.2, 0.25) is 0 Å². The number of nitrogens with zero attached hydrogens (tertiary/aromatic N) is 2. The van der Waals surface area contributed by atoms with Gasteiger partial charge in [0.25, 0.3) is 5.91 Å². The van der Waals surface area contributed by atoms with Gasteiger partial charge in [-0.1, -0.05) is 17.7 Å². The van der Waals surface area contributed by atoms with Gasteiger partial charge in [0.1, 0.15) is 0 Å². The van der Waals surface area contributed by atoms with Crippen LogP contribution in [0.1, 0.15) is 15.9 Å². The summed E-state index contributed by atoms with van der Waals surface area (Å²) in [4.78, 5) is 19.5. The fourth-order valence-electron chi connectivity index (χ4n) is 3.33. The van der Waals surface area contributed by atoms with Gasteiger partial charge in [-0.3, -0.25) is 4.79 Å². The highest BCUT2D eigenvalue weighted by Gasteiger charge is 2.32. The number of ether oxygens (including phenoxy) is 1. The van der Waals surface area contributed by atoms with E-state index in [-0.39, 0.29) is 19.1 Å². The summed E-state index contributed by atoms with van der Waals surface area (Å²) in [5.74, 6) is -0.00759. The second kappa shape index (κ2) is 5.85. The fourth-order valence-corrected chi connectivity index (χ4v) is 3.33. The molecule has 0 saturated heterocycles. The molecule has 0 spiro atoms. The molecule has 4 rings (SSSR count). The number of carbonyl (C=O) groups is 1. The van der Waals surface area contributed by atoms with Crippen LogP contribution in [0.15, 0.2) is 36.4 Å². The topological polar surface area (TPSA) is 62.7 Å². The molecule has 0 saturated carbocycles. The van der Waals surface area contributed by atoms with Crippen LogP contribution in [-0.2, 0) is 4.74 Å². The third-order valence-electron chi connectivity index (χ3n) is 4.38. The minimum atomic E-state index is -0.0163. The first kappa shape index (κ1) is 15.1. The molecule has 1 N–H and O–H groups in total. The van der Waals surface area contributed by atoms with Crippen LogP contribution in [0.3, 0.4) is 0 Å². The first-order chi connectivity index (χ1) is 11.7. The van der Waals surface area contributed by atoms with Crippen molar-refractivity contribution in [1.29, 1.82) is 0 Å². The third-order valence-corrected chi connectivity index (χ3v) is 4.38. The lowest BCUT2D eigenvalue weighted by atomic mass is 10.0. The van der Waals surface area contributed by atoms with Gasteiger partial charge >= 0.3 is 0 Å². The molecule has 0 fully saturated rings. The Morgan fingerprint density at radius 3 is 2.88 bits per heavy atom. The van der Waals surface area contributed by atoms with Gasteiger partial charge in [0, 0.05) is 17.3 Å². The highest BCUT2D eigenvalue weighted by atomic mass is 16.5. The van der Waals surface area contributed by atoms with E-state index in [1.54, 1.807) is 4.90 Å². The number of benzene rings is 2. The van der Waals surface area contributed by atoms with Crippen molar-refractivity contribution in [2.75, 3.05) is 31.3 Å². The van der Waals surface area contributed by atoms with E-state index < -0.39 is 0 Å². The molecule has 2 aromatic carbocycles. The molecule has 1 aromatic heterocycles. The van der Waals surface area contributed by atoms with Gasteiger partial charge in [0.05, 0.1) is 42.1 Å².